The molecule has 28 heavy (non-hydrogen) atoms. The average Bonchev–Trinajstić information content (AvgIpc) is 2.70. The minimum Gasteiger partial charge on any atom is -0.497 e. The number of carbonyl (C=O) groups is 1. The summed E-state index contributed by atoms with van der Waals surface area (Å²) in [5.41, 5.74) is 4.31. The smallest absolute Gasteiger partial charge is 0.229 e. The Kier molecular flexibility index (Phi) is 4.93. The first-order valence-corrected chi connectivity index (χ1v) is 9.31. The number of ketones is 1. The van der Waals surface area contributed by atoms with Crippen molar-refractivity contribution in [3.05, 3.63) is 65.4 Å². The van der Waals surface area contributed by atoms with Crippen molar-refractivity contribution in [2.24, 2.45) is 0 Å². The molecule has 4 rings (SSSR count). The molecule has 0 spiro atoms. The maximum Gasteiger partial charge on any atom is 0.229 e. The highest BCUT2D eigenvalue weighted by Crippen LogP contribution is 2.30. The third kappa shape index (κ3) is 3.81. The van der Waals surface area contributed by atoms with Crippen LogP contribution >= 0.6 is 0 Å². The summed E-state index contributed by atoms with van der Waals surface area (Å²) >= 11 is 0. The van der Waals surface area contributed by atoms with Crippen molar-refractivity contribution in [3.63, 3.8) is 0 Å². The number of nitrogens with one attached hydrogen (secondary N) is 2. The van der Waals surface area contributed by atoms with Crippen LogP contribution in [0.2, 0.25) is 0 Å². The number of anilines is 4. The first-order valence-electron chi connectivity index (χ1n) is 9.31. The summed E-state index contributed by atoms with van der Waals surface area (Å²) in [5, 5.41) is 6.53. The van der Waals surface area contributed by atoms with Gasteiger partial charge in [-0.25, -0.2) is 4.98 Å². The molecule has 0 saturated carbocycles. The lowest BCUT2D eigenvalue weighted by molar-refractivity contribution is 0.0972. The molecule has 0 aliphatic heterocycles. The zero-order valence-electron chi connectivity index (χ0n) is 16.0. The molecule has 0 atom stereocenters. The van der Waals surface area contributed by atoms with Gasteiger partial charge in [0.1, 0.15) is 11.6 Å². The van der Waals surface area contributed by atoms with Crippen LogP contribution in [-0.4, -0.2) is 22.9 Å². The van der Waals surface area contributed by atoms with Crippen LogP contribution in [0.3, 0.4) is 0 Å². The zero-order valence-corrected chi connectivity index (χ0v) is 16.0. The van der Waals surface area contributed by atoms with E-state index in [2.05, 4.69) is 20.6 Å². The second-order valence-electron chi connectivity index (χ2n) is 6.84. The van der Waals surface area contributed by atoms with Gasteiger partial charge in [-0.15, -0.1) is 0 Å². The SMILES string of the molecule is COc1ccc(Nc2nc(Nc3ccc(C)cc3)nc3c2C(=O)CCC3)cc1. The van der Waals surface area contributed by atoms with Gasteiger partial charge in [-0.2, -0.15) is 4.98 Å². The van der Waals surface area contributed by atoms with E-state index in [-0.39, 0.29) is 5.78 Å². The van der Waals surface area contributed by atoms with Crippen LogP contribution in [0.25, 0.3) is 0 Å². The average molecular weight is 374 g/mol. The highest BCUT2D eigenvalue weighted by Gasteiger charge is 2.24. The fourth-order valence-corrected chi connectivity index (χ4v) is 3.25. The summed E-state index contributed by atoms with van der Waals surface area (Å²) in [6.07, 6.45) is 2.11. The van der Waals surface area contributed by atoms with Crippen molar-refractivity contribution in [3.8, 4) is 5.75 Å². The molecule has 1 aliphatic rings. The molecule has 1 aliphatic carbocycles. The summed E-state index contributed by atoms with van der Waals surface area (Å²) in [6.45, 7) is 2.04. The number of carbonyl (C=O) groups excluding carboxylic acids is 1. The van der Waals surface area contributed by atoms with Crippen LogP contribution in [0.1, 0.15) is 34.5 Å². The maximum atomic E-state index is 12.5. The molecule has 2 aromatic carbocycles. The summed E-state index contributed by atoms with van der Waals surface area (Å²) in [4.78, 5) is 21.8. The number of fused-ring (bicyclic) bond motifs is 1. The van der Waals surface area contributed by atoms with Gasteiger partial charge >= 0.3 is 0 Å². The molecule has 0 fully saturated rings. The number of ether oxygens (including phenoxy) is 1. The van der Waals surface area contributed by atoms with E-state index >= 15 is 0 Å². The van der Waals surface area contributed by atoms with Gasteiger partial charge in [-0.1, -0.05) is 17.7 Å². The molecule has 0 amide bonds. The number of Topliss-reactive ketones (excluding diaryl/α,β-unsaturated/α-hetero) is 1. The van der Waals surface area contributed by atoms with E-state index in [1.165, 1.54) is 5.56 Å². The normalized spacial score (nSPS) is 13.0. The third-order valence-corrected chi connectivity index (χ3v) is 4.74. The molecule has 142 valence electrons. The molecule has 0 saturated heterocycles. The van der Waals surface area contributed by atoms with E-state index < -0.39 is 0 Å². The molecule has 6 heteroatoms. The van der Waals surface area contributed by atoms with Crippen LogP contribution in [0.5, 0.6) is 5.75 Å². The van der Waals surface area contributed by atoms with Crippen LogP contribution in [0, 0.1) is 6.92 Å². The number of benzene rings is 2. The lowest BCUT2D eigenvalue weighted by Gasteiger charge is -2.19. The number of aryl methyl sites for hydroxylation is 2. The molecule has 0 bridgehead atoms. The second-order valence-corrected chi connectivity index (χ2v) is 6.84. The lowest BCUT2D eigenvalue weighted by atomic mass is 9.95. The number of hydrogen-bond acceptors (Lipinski definition) is 6. The Morgan fingerprint density at radius 3 is 2.29 bits per heavy atom. The number of nitrogens with zero attached hydrogens (tertiary/aromatic N) is 2. The molecule has 1 aromatic heterocycles. The quantitative estimate of drug-likeness (QED) is 0.668. The first-order chi connectivity index (χ1) is 13.6. The van der Waals surface area contributed by atoms with Crippen molar-refractivity contribution in [2.75, 3.05) is 17.7 Å². The van der Waals surface area contributed by atoms with Crippen molar-refractivity contribution in [2.45, 2.75) is 26.2 Å². The molecule has 1 heterocycles. The highest BCUT2D eigenvalue weighted by molar-refractivity contribution is 6.03. The van der Waals surface area contributed by atoms with E-state index in [1.54, 1.807) is 7.11 Å². The predicted molar refractivity (Wildman–Crippen MR) is 110 cm³/mol. The topological polar surface area (TPSA) is 76.1 Å². The van der Waals surface area contributed by atoms with Gasteiger partial charge in [0.05, 0.1) is 18.4 Å². The van der Waals surface area contributed by atoms with Gasteiger partial charge in [0.15, 0.2) is 5.78 Å². The molecule has 0 unspecified atom stereocenters. The van der Waals surface area contributed by atoms with Gasteiger partial charge in [0.25, 0.3) is 0 Å². The van der Waals surface area contributed by atoms with Crippen molar-refractivity contribution >= 4 is 28.9 Å². The number of hydrogen-bond donors (Lipinski definition) is 2. The van der Waals surface area contributed by atoms with Crippen LogP contribution in [0.4, 0.5) is 23.1 Å². The minimum absolute atomic E-state index is 0.0825. The number of rotatable bonds is 5. The third-order valence-electron chi connectivity index (χ3n) is 4.74. The zero-order chi connectivity index (χ0) is 19.5. The monoisotopic (exact) mass is 374 g/mol. The maximum absolute atomic E-state index is 12.5. The highest BCUT2D eigenvalue weighted by atomic mass is 16.5. The van der Waals surface area contributed by atoms with E-state index in [9.17, 15) is 4.79 Å². The minimum atomic E-state index is 0.0825. The molecular formula is C22H22N4O2. The summed E-state index contributed by atoms with van der Waals surface area (Å²) < 4.78 is 5.20. The first kappa shape index (κ1) is 18.0. The molecule has 3 aromatic rings. The van der Waals surface area contributed by atoms with Crippen molar-refractivity contribution in [1.29, 1.82) is 0 Å². The predicted octanol–water partition coefficient (Wildman–Crippen LogP) is 4.80. The fourth-order valence-electron chi connectivity index (χ4n) is 3.25. The molecule has 0 radical (unpaired) electrons. The Bertz CT molecular complexity index is 998. The Balaban J connectivity index is 1.69. The van der Waals surface area contributed by atoms with Crippen molar-refractivity contribution < 1.29 is 9.53 Å². The van der Waals surface area contributed by atoms with Gasteiger partial charge in [-0.05, 0) is 56.2 Å². The number of aromatic nitrogens is 2. The molecule has 2 N–H and O–H groups in total. The van der Waals surface area contributed by atoms with Gasteiger partial charge < -0.3 is 15.4 Å². The number of methoxy groups -OCH3 is 1. The van der Waals surface area contributed by atoms with E-state index in [0.717, 1.165) is 35.7 Å². The van der Waals surface area contributed by atoms with Gasteiger partial charge in [0, 0.05) is 17.8 Å². The van der Waals surface area contributed by atoms with Crippen LogP contribution in [0.15, 0.2) is 48.5 Å². The van der Waals surface area contributed by atoms with Gasteiger partial charge in [-0.3, -0.25) is 4.79 Å². The summed E-state index contributed by atoms with van der Waals surface area (Å²) in [7, 11) is 1.63. The summed E-state index contributed by atoms with van der Waals surface area (Å²) in [6, 6.07) is 15.6. The second kappa shape index (κ2) is 7.68. The van der Waals surface area contributed by atoms with Crippen LogP contribution < -0.4 is 15.4 Å². The lowest BCUT2D eigenvalue weighted by Crippen LogP contribution is -2.17. The Morgan fingerprint density at radius 1 is 0.893 bits per heavy atom. The van der Waals surface area contributed by atoms with E-state index in [4.69, 9.17) is 4.74 Å². The molecular weight excluding hydrogens is 352 g/mol. The molecule has 6 nitrogen and oxygen atoms in total. The fraction of sp³-hybridized carbons (Fsp3) is 0.227. The Morgan fingerprint density at radius 2 is 1.57 bits per heavy atom. The summed E-state index contributed by atoms with van der Waals surface area (Å²) in [5.74, 6) is 1.87. The largest absolute Gasteiger partial charge is 0.497 e. The van der Waals surface area contributed by atoms with E-state index in [1.807, 2.05) is 55.5 Å². The van der Waals surface area contributed by atoms with Gasteiger partial charge in [0.2, 0.25) is 5.95 Å². The standard InChI is InChI=1S/C22H22N4O2/c1-14-6-8-16(9-7-14)24-22-25-18-4-3-5-19(27)20(18)21(26-22)23-15-10-12-17(28-2)13-11-15/h6-13H,3-5H2,1-2H3,(H2,23,24,25,26). The Hall–Kier alpha value is -3.41. The van der Waals surface area contributed by atoms with E-state index in [0.29, 0.717) is 23.8 Å². The Labute approximate surface area is 164 Å². The van der Waals surface area contributed by atoms with Crippen molar-refractivity contribution in [1.82, 2.24) is 9.97 Å². The van der Waals surface area contributed by atoms with Crippen LogP contribution in [-0.2, 0) is 6.42 Å².